The smallest absolute Gasteiger partial charge is 0.282 e. The lowest BCUT2D eigenvalue weighted by molar-refractivity contribution is -0.120. The number of imide groups is 1. The molecule has 4 heteroatoms. The fourth-order valence-corrected chi connectivity index (χ4v) is 3.68. The number of amides is 2. The molecule has 4 nitrogen and oxygen atoms in total. The van der Waals surface area contributed by atoms with Crippen LogP contribution in [0.4, 0.5) is 11.4 Å². The molecule has 0 bridgehead atoms. The van der Waals surface area contributed by atoms with Crippen LogP contribution in [0.5, 0.6) is 0 Å². The second kappa shape index (κ2) is 7.64. The fourth-order valence-electron chi connectivity index (χ4n) is 3.68. The topological polar surface area (TPSA) is 49.4 Å². The van der Waals surface area contributed by atoms with Gasteiger partial charge in [-0.3, -0.25) is 9.59 Å². The molecule has 150 valence electrons. The summed E-state index contributed by atoms with van der Waals surface area (Å²) in [5.74, 6) is -0.663. The number of hydrogen-bond donors (Lipinski definition) is 1. The number of benzene rings is 3. The lowest BCUT2D eigenvalue weighted by Crippen LogP contribution is -2.32. The maximum atomic E-state index is 13.5. The molecule has 1 N–H and O–H groups in total. The molecule has 0 unspecified atom stereocenters. The van der Waals surface area contributed by atoms with E-state index >= 15 is 0 Å². The summed E-state index contributed by atoms with van der Waals surface area (Å²) >= 11 is 0. The predicted octanol–water partition coefficient (Wildman–Crippen LogP) is 5.32. The van der Waals surface area contributed by atoms with E-state index in [1.54, 1.807) is 6.07 Å². The van der Waals surface area contributed by atoms with Gasteiger partial charge in [0.25, 0.3) is 11.8 Å². The zero-order valence-corrected chi connectivity index (χ0v) is 17.6. The monoisotopic (exact) mass is 396 g/mol. The molecule has 0 radical (unpaired) electrons. The largest absolute Gasteiger partial charge is 0.350 e. The first kappa shape index (κ1) is 19.6. The molecule has 0 aromatic heterocycles. The second-order valence-corrected chi connectivity index (χ2v) is 7.83. The van der Waals surface area contributed by atoms with Crippen LogP contribution in [0.3, 0.4) is 0 Å². The molecule has 0 atom stereocenters. The molecule has 0 aliphatic carbocycles. The number of carbonyl (C=O) groups is 2. The van der Waals surface area contributed by atoms with Crippen LogP contribution in [0.2, 0.25) is 0 Å². The molecule has 1 aliphatic rings. The van der Waals surface area contributed by atoms with Gasteiger partial charge in [-0.1, -0.05) is 42.5 Å². The van der Waals surface area contributed by atoms with Crippen LogP contribution in [0.25, 0.3) is 5.57 Å². The Bertz CT molecular complexity index is 1210. The third-order valence-corrected chi connectivity index (χ3v) is 5.43. The lowest BCUT2D eigenvalue weighted by atomic mass is 9.99. The molecule has 3 aromatic rings. The second-order valence-electron chi connectivity index (χ2n) is 7.83. The van der Waals surface area contributed by atoms with E-state index in [4.69, 9.17) is 0 Å². The molecule has 0 spiro atoms. The minimum Gasteiger partial charge on any atom is -0.350 e. The fraction of sp³-hybridized carbons (Fsp3) is 0.154. The van der Waals surface area contributed by atoms with E-state index < -0.39 is 0 Å². The Labute approximate surface area is 176 Å². The first-order valence-electron chi connectivity index (χ1n) is 9.96. The van der Waals surface area contributed by atoms with Crippen LogP contribution in [0, 0.1) is 27.7 Å². The van der Waals surface area contributed by atoms with E-state index in [-0.39, 0.29) is 11.8 Å². The summed E-state index contributed by atoms with van der Waals surface area (Å²) in [6, 6.07) is 21.1. The number of aryl methyl sites for hydroxylation is 4. The van der Waals surface area contributed by atoms with Crippen molar-refractivity contribution in [3.8, 4) is 0 Å². The molecule has 1 heterocycles. The van der Waals surface area contributed by atoms with E-state index in [9.17, 15) is 9.59 Å². The Morgan fingerprint density at radius 3 is 2.07 bits per heavy atom. The summed E-state index contributed by atoms with van der Waals surface area (Å²) in [4.78, 5) is 28.2. The van der Waals surface area contributed by atoms with Crippen molar-refractivity contribution in [1.29, 1.82) is 0 Å². The number of carbonyl (C=O) groups excluding carboxylic acids is 2. The van der Waals surface area contributed by atoms with Crippen molar-refractivity contribution in [3.63, 3.8) is 0 Å². The summed E-state index contributed by atoms with van der Waals surface area (Å²) < 4.78 is 0. The maximum absolute atomic E-state index is 13.5. The van der Waals surface area contributed by atoms with Crippen LogP contribution >= 0.6 is 0 Å². The van der Waals surface area contributed by atoms with E-state index in [1.807, 2.05) is 88.4 Å². The van der Waals surface area contributed by atoms with Gasteiger partial charge in [-0.25, -0.2) is 4.90 Å². The van der Waals surface area contributed by atoms with Crippen LogP contribution in [0.15, 0.2) is 72.4 Å². The Kier molecular flexibility index (Phi) is 5.00. The summed E-state index contributed by atoms with van der Waals surface area (Å²) in [6.07, 6.45) is 0. The molecule has 2 amide bonds. The van der Waals surface area contributed by atoms with E-state index in [0.717, 1.165) is 33.5 Å². The number of nitrogens with zero attached hydrogens (tertiary/aromatic N) is 1. The summed E-state index contributed by atoms with van der Waals surface area (Å²) in [5.41, 5.74) is 7.06. The zero-order valence-electron chi connectivity index (χ0n) is 17.6. The molecule has 0 saturated carbocycles. The van der Waals surface area contributed by atoms with Crippen LogP contribution in [-0.2, 0) is 9.59 Å². The Morgan fingerprint density at radius 2 is 1.40 bits per heavy atom. The van der Waals surface area contributed by atoms with Gasteiger partial charge in [-0.15, -0.1) is 0 Å². The van der Waals surface area contributed by atoms with Gasteiger partial charge in [-0.2, -0.15) is 0 Å². The normalized spacial score (nSPS) is 13.9. The SMILES string of the molecule is Cc1cccc(NC2=C(c3ccc(C)c(C)c3)C(=O)N(c3cccc(C)c3)C2=O)c1. The van der Waals surface area contributed by atoms with Crippen molar-refractivity contribution in [1.82, 2.24) is 0 Å². The van der Waals surface area contributed by atoms with E-state index in [2.05, 4.69) is 5.32 Å². The highest BCUT2D eigenvalue weighted by Crippen LogP contribution is 2.34. The summed E-state index contributed by atoms with van der Waals surface area (Å²) in [7, 11) is 0. The van der Waals surface area contributed by atoms with Gasteiger partial charge in [0.15, 0.2) is 0 Å². The first-order valence-corrected chi connectivity index (χ1v) is 9.96. The predicted molar refractivity (Wildman–Crippen MR) is 121 cm³/mol. The first-order chi connectivity index (χ1) is 14.3. The van der Waals surface area contributed by atoms with E-state index in [1.165, 1.54) is 4.90 Å². The molecule has 4 rings (SSSR count). The molecule has 0 fully saturated rings. The van der Waals surface area contributed by atoms with E-state index in [0.29, 0.717) is 17.0 Å². The standard InChI is InChI=1S/C26H24N2O2/c1-16-7-5-9-21(13-16)27-24-23(20-12-11-18(3)19(4)15-20)25(29)28(26(24)30)22-10-6-8-17(2)14-22/h5-15,27H,1-4H3. The summed E-state index contributed by atoms with van der Waals surface area (Å²) in [6.45, 7) is 7.97. The Balaban J connectivity index is 1.86. The summed E-state index contributed by atoms with van der Waals surface area (Å²) in [5, 5.41) is 3.23. The molecule has 3 aromatic carbocycles. The van der Waals surface area contributed by atoms with Crippen LogP contribution < -0.4 is 10.2 Å². The van der Waals surface area contributed by atoms with Gasteiger partial charge < -0.3 is 5.32 Å². The molecule has 0 saturated heterocycles. The van der Waals surface area contributed by atoms with Gasteiger partial charge in [0.05, 0.1) is 11.3 Å². The quantitative estimate of drug-likeness (QED) is 0.608. The molecule has 1 aliphatic heterocycles. The average Bonchev–Trinajstić information content (AvgIpc) is 2.94. The van der Waals surface area contributed by atoms with Crippen molar-refractivity contribution in [3.05, 3.63) is 100 Å². The van der Waals surface area contributed by atoms with Gasteiger partial charge in [0.2, 0.25) is 0 Å². The van der Waals surface area contributed by atoms with Crippen LogP contribution in [-0.4, -0.2) is 11.8 Å². The lowest BCUT2D eigenvalue weighted by Gasteiger charge is -2.16. The number of nitrogens with one attached hydrogen (secondary N) is 1. The van der Waals surface area contributed by atoms with Crippen molar-refractivity contribution < 1.29 is 9.59 Å². The highest BCUT2D eigenvalue weighted by Gasteiger charge is 2.40. The Morgan fingerprint density at radius 1 is 0.700 bits per heavy atom. The average molecular weight is 396 g/mol. The van der Waals surface area contributed by atoms with Crippen molar-refractivity contribution in [2.45, 2.75) is 27.7 Å². The molecular formula is C26H24N2O2. The van der Waals surface area contributed by atoms with Crippen LogP contribution in [0.1, 0.15) is 27.8 Å². The highest BCUT2D eigenvalue weighted by molar-refractivity contribution is 6.46. The van der Waals surface area contributed by atoms with Crippen molar-refractivity contribution in [2.24, 2.45) is 0 Å². The van der Waals surface area contributed by atoms with Gasteiger partial charge in [-0.05, 0) is 79.8 Å². The van der Waals surface area contributed by atoms with Gasteiger partial charge in [0.1, 0.15) is 5.70 Å². The van der Waals surface area contributed by atoms with Gasteiger partial charge in [0, 0.05) is 5.69 Å². The maximum Gasteiger partial charge on any atom is 0.282 e. The van der Waals surface area contributed by atoms with Gasteiger partial charge >= 0.3 is 0 Å². The van der Waals surface area contributed by atoms with Crippen molar-refractivity contribution >= 4 is 28.8 Å². The minimum atomic E-state index is -0.347. The third kappa shape index (κ3) is 3.52. The zero-order chi connectivity index (χ0) is 21.4. The number of hydrogen-bond acceptors (Lipinski definition) is 3. The highest BCUT2D eigenvalue weighted by atomic mass is 16.2. The molecule has 30 heavy (non-hydrogen) atoms. The molecular weight excluding hydrogens is 372 g/mol. The Hall–Kier alpha value is -3.66. The van der Waals surface area contributed by atoms with Crippen molar-refractivity contribution in [2.75, 3.05) is 10.2 Å². The number of rotatable bonds is 4. The minimum absolute atomic E-state index is 0.301. The number of anilines is 2. The third-order valence-electron chi connectivity index (χ3n) is 5.43.